The SMILES string of the molecule is COc1ccc(S(=O)(=O)CC2CCN(C(=O)OC(C)(C)C)CC2)cc1. The lowest BCUT2D eigenvalue weighted by Crippen LogP contribution is -2.42. The van der Waals surface area contributed by atoms with Crippen molar-refractivity contribution < 1.29 is 22.7 Å². The maximum atomic E-state index is 12.6. The number of ether oxygens (including phenoxy) is 2. The third-order valence-electron chi connectivity index (χ3n) is 4.14. The third-order valence-corrected chi connectivity index (χ3v) is 6.04. The van der Waals surface area contributed by atoms with Crippen molar-refractivity contribution in [1.82, 2.24) is 4.90 Å². The zero-order chi connectivity index (χ0) is 18.7. The number of sulfone groups is 1. The fourth-order valence-electron chi connectivity index (χ4n) is 2.80. The summed E-state index contributed by atoms with van der Waals surface area (Å²) in [6, 6.07) is 6.45. The third kappa shape index (κ3) is 5.63. The van der Waals surface area contributed by atoms with Gasteiger partial charge in [0.2, 0.25) is 0 Å². The van der Waals surface area contributed by atoms with Crippen LogP contribution in [0.5, 0.6) is 5.75 Å². The summed E-state index contributed by atoms with van der Waals surface area (Å²) in [5.74, 6) is 0.775. The van der Waals surface area contributed by atoms with Crippen molar-refractivity contribution in [3.8, 4) is 5.75 Å². The first kappa shape index (κ1) is 19.6. The topological polar surface area (TPSA) is 72.9 Å². The molecule has 0 bridgehead atoms. The number of likely N-dealkylation sites (tertiary alicyclic amines) is 1. The molecule has 25 heavy (non-hydrogen) atoms. The van der Waals surface area contributed by atoms with Crippen molar-refractivity contribution in [2.75, 3.05) is 26.0 Å². The molecule has 1 aromatic rings. The molecule has 0 saturated carbocycles. The Hall–Kier alpha value is -1.76. The summed E-state index contributed by atoms with van der Waals surface area (Å²) in [7, 11) is -1.80. The number of carbonyl (C=O) groups excluding carboxylic acids is 1. The number of nitrogens with zero attached hydrogens (tertiary/aromatic N) is 1. The van der Waals surface area contributed by atoms with Crippen LogP contribution in [0.25, 0.3) is 0 Å². The zero-order valence-electron chi connectivity index (χ0n) is 15.3. The second-order valence-electron chi connectivity index (χ2n) is 7.37. The molecule has 1 fully saturated rings. The van der Waals surface area contributed by atoms with Gasteiger partial charge in [-0.05, 0) is 63.8 Å². The average Bonchev–Trinajstić information content (AvgIpc) is 2.53. The monoisotopic (exact) mass is 369 g/mol. The van der Waals surface area contributed by atoms with Crippen molar-refractivity contribution >= 4 is 15.9 Å². The summed E-state index contributed by atoms with van der Waals surface area (Å²) >= 11 is 0. The number of benzene rings is 1. The average molecular weight is 369 g/mol. The highest BCUT2D eigenvalue weighted by Crippen LogP contribution is 2.24. The smallest absolute Gasteiger partial charge is 0.410 e. The minimum Gasteiger partial charge on any atom is -0.497 e. The molecule has 0 atom stereocenters. The van der Waals surface area contributed by atoms with Crippen LogP contribution in [0.2, 0.25) is 0 Å². The van der Waals surface area contributed by atoms with Crippen LogP contribution < -0.4 is 4.74 Å². The molecule has 0 unspecified atom stereocenters. The molecular formula is C18H27NO5S. The van der Waals surface area contributed by atoms with Crippen molar-refractivity contribution in [3.05, 3.63) is 24.3 Å². The van der Waals surface area contributed by atoms with Crippen molar-refractivity contribution in [3.63, 3.8) is 0 Å². The minimum atomic E-state index is -3.34. The Labute approximate surface area is 150 Å². The fourth-order valence-corrected chi connectivity index (χ4v) is 4.50. The number of methoxy groups -OCH3 is 1. The van der Waals surface area contributed by atoms with Gasteiger partial charge in [0.05, 0.1) is 17.8 Å². The maximum Gasteiger partial charge on any atom is 0.410 e. The molecule has 0 N–H and O–H groups in total. The fraction of sp³-hybridized carbons (Fsp3) is 0.611. The van der Waals surface area contributed by atoms with E-state index in [4.69, 9.17) is 9.47 Å². The molecular weight excluding hydrogens is 342 g/mol. The first-order valence-electron chi connectivity index (χ1n) is 8.45. The van der Waals surface area contributed by atoms with Crippen molar-refractivity contribution in [2.24, 2.45) is 5.92 Å². The van der Waals surface area contributed by atoms with Gasteiger partial charge in [-0.2, -0.15) is 0 Å². The Bertz CT molecular complexity index is 683. The lowest BCUT2D eigenvalue weighted by Gasteiger charge is -2.33. The number of hydrogen-bond donors (Lipinski definition) is 0. The maximum absolute atomic E-state index is 12.6. The molecule has 0 aliphatic carbocycles. The zero-order valence-corrected chi connectivity index (χ0v) is 16.1. The standard InChI is InChI=1S/C18H27NO5S/c1-18(2,3)24-17(20)19-11-9-14(10-12-19)13-25(21,22)16-7-5-15(23-4)6-8-16/h5-8,14H,9-13H2,1-4H3. The van der Waals surface area contributed by atoms with Crippen LogP contribution in [0.1, 0.15) is 33.6 Å². The van der Waals surface area contributed by atoms with E-state index in [0.717, 1.165) is 0 Å². The predicted octanol–water partition coefficient (Wildman–Crippen LogP) is 3.12. The van der Waals surface area contributed by atoms with Crippen LogP contribution >= 0.6 is 0 Å². The Kier molecular flexibility index (Phi) is 5.98. The van der Waals surface area contributed by atoms with Gasteiger partial charge in [0.15, 0.2) is 9.84 Å². The van der Waals surface area contributed by atoms with Gasteiger partial charge < -0.3 is 14.4 Å². The predicted molar refractivity (Wildman–Crippen MR) is 95.6 cm³/mol. The van der Waals surface area contributed by atoms with Gasteiger partial charge in [-0.15, -0.1) is 0 Å². The Balaban J connectivity index is 1.91. The molecule has 1 aromatic carbocycles. The van der Waals surface area contributed by atoms with Crippen LogP contribution in [0.15, 0.2) is 29.2 Å². The lowest BCUT2D eigenvalue weighted by atomic mass is 9.99. The van der Waals surface area contributed by atoms with Gasteiger partial charge in [0, 0.05) is 13.1 Å². The summed E-state index contributed by atoms with van der Waals surface area (Å²) in [5, 5.41) is 0. The molecule has 140 valence electrons. The quantitative estimate of drug-likeness (QED) is 0.815. The van der Waals surface area contributed by atoms with Crippen molar-refractivity contribution in [2.45, 2.75) is 44.1 Å². The highest BCUT2D eigenvalue weighted by Gasteiger charge is 2.29. The molecule has 1 aliphatic heterocycles. The molecule has 1 aliphatic rings. The van der Waals surface area contributed by atoms with E-state index in [-0.39, 0.29) is 17.8 Å². The molecule has 1 amide bonds. The number of amides is 1. The number of rotatable bonds is 4. The summed E-state index contributed by atoms with van der Waals surface area (Å²) in [5.41, 5.74) is -0.522. The molecule has 1 heterocycles. The number of hydrogen-bond acceptors (Lipinski definition) is 5. The molecule has 0 radical (unpaired) electrons. The van der Waals surface area contributed by atoms with Gasteiger partial charge in [-0.25, -0.2) is 13.2 Å². The van der Waals surface area contributed by atoms with Crippen LogP contribution in [0.3, 0.4) is 0 Å². The van der Waals surface area contributed by atoms with Crippen molar-refractivity contribution in [1.29, 1.82) is 0 Å². The molecule has 6 nitrogen and oxygen atoms in total. The second kappa shape index (κ2) is 7.64. The Morgan fingerprint density at radius 1 is 1.16 bits per heavy atom. The van der Waals surface area contributed by atoms with E-state index < -0.39 is 15.4 Å². The largest absolute Gasteiger partial charge is 0.497 e. The second-order valence-corrected chi connectivity index (χ2v) is 9.40. The van der Waals surface area contributed by atoms with Crippen LogP contribution in [0.4, 0.5) is 4.79 Å². The van der Waals surface area contributed by atoms with Gasteiger partial charge in [-0.3, -0.25) is 0 Å². The summed E-state index contributed by atoms with van der Waals surface area (Å²) in [6.45, 7) is 6.55. The Morgan fingerprint density at radius 3 is 2.20 bits per heavy atom. The van der Waals surface area contributed by atoms with Gasteiger partial charge in [0.1, 0.15) is 11.4 Å². The minimum absolute atomic E-state index is 0.0470. The molecule has 0 aromatic heterocycles. The highest BCUT2D eigenvalue weighted by molar-refractivity contribution is 7.91. The van der Waals surface area contributed by atoms with E-state index >= 15 is 0 Å². The summed E-state index contributed by atoms with van der Waals surface area (Å²) in [6.07, 6.45) is 0.993. The molecule has 7 heteroatoms. The molecule has 0 spiro atoms. The van der Waals surface area contributed by atoms with Crippen LogP contribution in [-0.4, -0.2) is 51.0 Å². The molecule has 1 saturated heterocycles. The summed E-state index contributed by atoms with van der Waals surface area (Å²) in [4.78, 5) is 14.0. The summed E-state index contributed by atoms with van der Waals surface area (Å²) < 4.78 is 35.5. The van der Waals surface area contributed by atoms with Gasteiger partial charge >= 0.3 is 6.09 Å². The van der Waals surface area contributed by atoms with Crippen LogP contribution in [-0.2, 0) is 14.6 Å². The molecule has 2 rings (SSSR count). The normalized spacial score (nSPS) is 16.6. The van der Waals surface area contributed by atoms with E-state index in [1.165, 1.54) is 0 Å². The van der Waals surface area contributed by atoms with E-state index in [0.29, 0.717) is 36.6 Å². The number of piperidine rings is 1. The first-order chi connectivity index (χ1) is 11.6. The van der Waals surface area contributed by atoms with Crippen LogP contribution in [0, 0.1) is 5.92 Å². The van der Waals surface area contributed by atoms with E-state index in [2.05, 4.69) is 0 Å². The lowest BCUT2D eigenvalue weighted by molar-refractivity contribution is 0.0191. The van der Waals surface area contributed by atoms with Gasteiger partial charge in [0.25, 0.3) is 0 Å². The Morgan fingerprint density at radius 2 is 1.72 bits per heavy atom. The van der Waals surface area contributed by atoms with E-state index in [1.807, 2.05) is 20.8 Å². The van der Waals surface area contributed by atoms with E-state index in [9.17, 15) is 13.2 Å². The number of carbonyl (C=O) groups is 1. The van der Waals surface area contributed by atoms with Gasteiger partial charge in [-0.1, -0.05) is 0 Å². The first-order valence-corrected chi connectivity index (χ1v) is 10.1. The highest BCUT2D eigenvalue weighted by atomic mass is 32.2. The van der Waals surface area contributed by atoms with E-state index in [1.54, 1.807) is 36.3 Å².